The summed E-state index contributed by atoms with van der Waals surface area (Å²) >= 11 is 0. The van der Waals surface area contributed by atoms with E-state index < -0.39 is 0 Å². The lowest BCUT2D eigenvalue weighted by atomic mass is 10.1. The Morgan fingerprint density at radius 2 is 1.68 bits per heavy atom. The van der Waals surface area contributed by atoms with Gasteiger partial charge >= 0.3 is 5.97 Å². The number of hydrogen-bond donors (Lipinski definition) is 0. The molecule has 0 saturated carbocycles. The number of esters is 1. The Balaban J connectivity index is 2.00. The quantitative estimate of drug-likeness (QED) is 0.451. The van der Waals surface area contributed by atoms with Crippen molar-refractivity contribution in [2.24, 2.45) is 0 Å². The molecule has 25 heavy (non-hydrogen) atoms. The van der Waals surface area contributed by atoms with E-state index in [0.717, 1.165) is 19.4 Å². The van der Waals surface area contributed by atoms with E-state index in [0.29, 0.717) is 19.6 Å². The molecule has 0 radical (unpaired) electrons. The van der Waals surface area contributed by atoms with Crippen molar-refractivity contribution in [1.29, 1.82) is 0 Å². The van der Waals surface area contributed by atoms with Crippen LogP contribution in [0.2, 0.25) is 0 Å². The minimum Gasteiger partial charge on any atom is -0.466 e. The Morgan fingerprint density at radius 1 is 1.04 bits per heavy atom. The molecule has 2 aromatic rings. The van der Waals surface area contributed by atoms with Crippen LogP contribution in [0.5, 0.6) is 0 Å². The number of nitrogens with zero attached hydrogens (tertiary/aromatic N) is 1. The summed E-state index contributed by atoms with van der Waals surface area (Å²) in [7, 11) is 0. The monoisotopic (exact) mass is 339 g/mol. The molecule has 0 spiro atoms. The van der Waals surface area contributed by atoms with Crippen LogP contribution >= 0.6 is 0 Å². The summed E-state index contributed by atoms with van der Waals surface area (Å²) in [4.78, 5) is 14.3. The van der Waals surface area contributed by atoms with Gasteiger partial charge in [-0.3, -0.25) is 9.69 Å². The summed E-state index contributed by atoms with van der Waals surface area (Å²) in [6, 6.07) is 21.1. The van der Waals surface area contributed by atoms with Crippen molar-refractivity contribution >= 4 is 5.97 Å². The molecule has 1 unspecified atom stereocenters. The van der Waals surface area contributed by atoms with Crippen LogP contribution in [-0.4, -0.2) is 24.0 Å². The SMILES string of the molecule is CCCCOC(=O)CCN(Cc1ccccc1)C(C)c1ccccc1. The van der Waals surface area contributed by atoms with E-state index in [4.69, 9.17) is 4.74 Å². The highest BCUT2D eigenvalue weighted by Crippen LogP contribution is 2.22. The van der Waals surface area contributed by atoms with Crippen LogP contribution < -0.4 is 0 Å². The molecule has 0 heterocycles. The predicted octanol–water partition coefficient (Wildman–Crippen LogP) is 4.98. The molecule has 0 aliphatic heterocycles. The van der Waals surface area contributed by atoms with Gasteiger partial charge in [-0.25, -0.2) is 0 Å². The van der Waals surface area contributed by atoms with Crippen molar-refractivity contribution in [1.82, 2.24) is 4.90 Å². The molecule has 134 valence electrons. The predicted molar refractivity (Wildman–Crippen MR) is 102 cm³/mol. The third-order valence-electron chi connectivity index (χ3n) is 4.42. The van der Waals surface area contributed by atoms with Crippen molar-refractivity contribution in [3.63, 3.8) is 0 Å². The van der Waals surface area contributed by atoms with Gasteiger partial charge in [0.05, 0.1) is 13.0 Å². The fourth-order valence-corrected chi connectivity index (χ4v) is 2.81. The maximum atomic E-state index is 12.0. The Kier molecular flexibility index (Phi) is 8.20. The highest BCUT2D eigenvalue weighted by Gasteiger charge is 2.17. The average Bonchev–Trinajstić information content (AvgIpc) is 2.66. The Bertz CT molecular complexity index is 612. The molecule has 3 heteroatoms. The van der Waals surface area contributed by atoms with Crippen molar-refractivity contribution in [2.75, 3.05) is 13.2 Å². The second-order valence-corrected chi connectivity index (χ2v) is 6.37. The summed E-state index contributed by atoms with van der Waals surface area (Å²) in [6.07, 6.45) is 2.39. The molecule has 0 fully saturated rings. The maximum absolute atomic E-state index is 12.0. The molecular formula is C22H29NO2. The largest absolute Gasteiger partial charge is 0.466 e. The van der Waals surface area contributed by atoms with Crippen LogP contribution in [0.1, 0.15) is 50.3 Å². The second-order valence-electron chi connectivity index (χ2n) is 6.37. The van der Waals surface area contributed by atoms with Crippen molar-refractivity contribution < 1.29 is 9.53 Å². The Morgan fingerprint density at radius 3 is 2.32 bits per heavy atom. The number of benzene rings is 2. The van der Waals surface area contributed by atoms with E-state index in [2.05, 4.69) is 67.3 Å². The van der Waals surface area contributed by atoms with Gasteiger partial charge in [0.1, 0.15) is 0 Å². The number of unbranched alkanes of at least 4 members (excludes halogenated alkanes) is 1. The first-order valence-corrected chi connectivity index (χ1v) is 9.19. The third kappa shape index (κ3) is 6.71. The van der Waals surface area contributed by atoms with Crippen LogP contribution in [0.15, 0.2) is 60.7 Å². The lowest BCUT2D eigenvalue weighted by molar-refractivity contribution is -0.144. The molecule has 0 amide bonds. The van der Waals surface area contributed by atoms with Gasteiger partial charge in [-0.05, 0) is 24.5 Å². The fourth-order valence-electron chi connectivity index (χ4n) is 2.81. The number of hydrogen-bond acceptors (Lipinski definition) is 3. The molecule has 1 atom stereocenters. The van der Waals surface area contributed by atoms with Crippen molar-refractivity contribution in [3.05, 3.63) is 71.8 Å². The normalized spacial score (nSPS) is 12.1. The van der Waals surface area contributed by atoms with Crippen LogP contribution in [0.4, 0.5) is 0 Å². The van der Waals surface area contributed by atoms with Gasteiger partial charge in [0.2, 0.25) is 0 Å². The minimum atomic E-state index is -0.105. The van der Waals surface area contributed by atoms with Crippen LogP contribution in [0.25, 0.3) is 0 Å². The van der Waals surface area contributed by atoms with Gasteiger partial charge in [0.15, 0.2) is 0 Å². The summed E-state index contributed by atoms with van der Waals surface area (Å²) < 4.78 is 5.30. The number of carbonyl (C=O) groups is 1. The topological polar surface area (TPSA) is 29.5 Å². The highest BCUT2D eigenvalue weighted by atomic mass is 16.5. The van der Waals surface area contributed by atoms with Gasteiger partial charge in [-0.15, -0.1) is 0 Å². The highest BCUT2D eigenvalue weighted by molar-refractivity contribution is 5.69. The molecule has 0 N–H and O–H groups in total. The zero-order valence-electron chi connectivity index (χ0n) is 15.4. The Labute approximate surface area is 151 Å². The number of rotatable bonds is 10. The summed E-state index contributed by atoms with van der Waals surface area (Å²) in [6.45, 7) is 6.33. The van der Waals surface area contributed by atoms with Gasteiger partial charge in [-0.1, -0.05) is 74.0 Å². The standard InChI is InChI=1S/C22H29NO2/c1-3-4-17-25-22(24)15-16-23(18-20-11-7-5-8-12-20)19(2)21-13-9-6-10-14-21/h5-14,19H,3-4,15-18H2,1-2H3. The van der Waals surface area contributed by atoms with E-state index in [1.165, 1.54) is 11.1 Å². The van der Waals surface area contributed by atoms with E-state index in [1.54, 1.807) is 0 Å². The molecule has 0 saturated heterocycles. The molecular weight excluding hydrogens is 310 g/mol. The first kappa shape index (κ1) is 19.2. The average molecular weight is 339 g/mol. The van der Waals surface area contributed by atoms with Crippen molar-refractivity contribution in [2.45, 2.75) is 45.7 Å². The van der Waals surface area contributed by atoms with E-state index in [9.17, 15) is 4.79 Å². The van der Waals surface area contributed by atoms with Gasteiger partial charge < -0.3 is 4.74 Å². The van der Waals surface area contributed by atoms with Gasteiger partial charge in [0.25, 0.3) is 0 Å². The Hall–Kier alpha value is -2.13. The molecule has 0 aromatic heterocycles. The first-order valence-electron chi connectivity index (χ1n) is 9.19. The summed E-state index contributed by atoms with van der Waals surface area (Å²) in [5, 5.41) is 0. The number of ether oxygens (including phenoxy) is 1. The third-order valence-corrected chi connectivity index (χ3v) is 4.42. The van der Waals surface area contributed by atoms with E-state index in [1.807, 2.05) is 12.1 Å². The summed E-state index contributed by atoms with van der Waals surface area (Å²) in [5.74, 6) is -0.105. The van der Waals surface area contributed by atoms with Crippen molar-refractivity contribution in [3.8, 4) is 0 Å². The van der Waals surface area contributed by atoms with Crippen LogP contribution in [0.3, 0.4) is 0 Å². The molecule has 0 aliphatic rings. The van der Waals surface area contributed by atoms with Crippen LogP contribution in [-0.2, 0) is 16.1 Å². The molecule has 0 aliphatic carbocycles. The van der Waals surface area contributed by atoms with Gasteiger partial charge in [-0.2, -0.15) is 0 Å². The molecule has 0 bridgehead atoms. The zero-order valence-corrected chi connectivity index (χ0v) is 15.4. The first-order chi connectivity index (χ1) is 12.2. The lowest BCUT2D eigenvalue weighted by Crippen LogP contribution is -2.29. The second kappa shape index (κ2) is 10.7. The molecule has 2 aromatic carbocycles. The minimum absolute atomic E-state index is 0.105. The lowest BCUT2D eigenvalue weighted by Gasteiger charge is -2.29. The molecule has 3 nitrogen and oxygen atoms in total. The van der Waals surface area contributed by atoms with Gasteiger partial charge in [0, 0.05) is 19.1 Å². The molecule has 2 rings (SSSR count). The maximum Gasteiger partial charge on any atom is 0.307 e. The zero-order chi connectivity index (χ0) is 17.9. The van der Waals surface area contributed by atoms with E-state index >= 15 is 0 Å². The van der Waals surface area contributed by atoms with E-state index in [-0.39, 0.29) is 12.0 Å². The fraction of sp³-hybridized carbons (Fsp3) is 0.409. The smallest absolute Gasteiger partial charge is 0.307 e. The number of carbonyl (C=O) groups excluding carboxylic acids is 1. The van der Waals surface area contributed by atoms with Crippen LogP contribution in [0, 0.1) is 0 Å². The summed E-state index contributed by atoms with van der Waals surface area (Å²) in [5.41, 5.74) is 2.52.